The Morgan fingerprint density at radius 3 is 2.59 bits per heavy atom. The average Bonchev–Trinajstić information content (AvgIpc) is 2.74. The van der Waals surface area contributed by atoms with E-state index in [2.05, 4.69) is 0 Å². The molecule has 4 heteroatoms. The zero-order chi connectivity index (χ0) is 12.4. The van der Waals surface area contributed by atoms with Gasteiger partial charge in [0.05, 0.1) is 17.5 Å². The second-order valence-electron chi connectivity index (χ2n) is 3.72. The first-order chi connectivity index (χ1) is 8.13. The molecule has 90 valence electrons. The summed E-state index contributed by atoms with van der Waals surface area (Å²) in [7, 11) is 1.66. The molecule has 0 amide bonds. The van der Waals surface area contributed by atoms with Crippen molar-refractivity contribution in [3.8, 4) is 5.75 Å². The second-order valence-corrected chi connectivity index (χ2v) is 5.51. The fraction of sp³-hybridized carbons (Fsp3) is 0.231. The molecule has 0 saturated carbocycles. The summed E-state index contributed by atoms with van der Waals surface area (Å²) in [4.78, 5) is 0.988. The van der Waals surface area contributed by atoms with Gasteiger partial charge in [-0.1, -0.05) is 17.7 Å². The minimum atomic E-state index is -0.201. The molecule has 1 heterocycles. The van der Waals surface area contributed by atoms with Crippen LogP contribution in [0.5, 0.6) is 5.75 Å². The van der Waals surface area contributed by atoms with E-state index in [1.165, 1.54) is 0 Å². The van der Waals surface area contributed by atoms with Crippen molar-refractivity contribution in [2.45, 2.75) is 12.3 Å². The third-order valence-electron chi connectivity index (χ3n) is 2.62. The summed E-state index contributed by atoms with van der Waals surface area (Å²) in [6.45, 7) is 2.02. The molecule has 0 N–H and O–H groups in total. The Hall–Kier alpha value is -0.700. The highest BCUT2D eigenvalue weighted by molar-refractivity contribution is 7.11. The maximum Gasteiger partial charge on any atom is 0.119 e. The molecule has 17 heavy (non-hydrogen) atoms. The van der Waals surface area contributed by atoms with Crippen LogP contribution < -0.4 is 4.74 Å². The van der Waals surface area contributed by atoms with Gasteiger partial charge in [0.15, 0.2) is 0 Å². The molecule has 2 aromatic rings. The first-order valence-electron chi connectivity index (χ1n) is 5.15. The van der Waals surface area contributed by atoms with Crippen LogP contribution in [0, 0.1) is 6.92 Å². The molecule has 0 fully saturated rings. The number of benzene rings is 1. The second kappa shape index (κ2) is 5.30. The van der Waals surface area contributed by atoms with E-state index in [0.29, 0.717) is 0 Å². The minimum Gasteiger partial charge on any atom is -0.497 e. The fourth-order valence-corrected chi connectivity index (χ4v) is 3.42. The number of hydrogen-bond donors (Lipinski definition) is 0. The first kappa shape index (κ1) is 12.7. The van der Waals surface area contributed by atoms with Gasteiger partial charge in [0.1, 0.15) is 5.75 Å². The summed E-state index contributed by atoms with van der Waals surface area (Å²) in [6, 6.07) is 7.75. The predicted octanol–water partition coefficient (Wildman–Crippen LogP) is 5.05. The number of alkyl halides is 1. The number of aryl methyl sites for hydroxylation is 1. The lowest BCUT2D eigenvalue weighted by Gasteiger charge is -2.13. The van der Waals surface area contributed by atoms with Crippen molar-refractivity contribution in [2.75, 3.05) is 7.11 Å². The third kappa shape index (κ3) is 2.59. The maximum atomic E-state index is 6.46. The number of hydrogen-bond acceptors (Lipinski definition) is 2. The topological polar surface area (TPSA) is 9.23 Å². The molecule has 2 rings (SSSR count). The zero-order valence-electron chi connectivity index (χ0n) is 9.54. The Morgan fingerprint density at radius 1 is 1.29 bits per heavy atom. The van der Waals surface area contributed by atoms with Crippen molar-refractivity contribution in [2.24, 2.45) is 0 Å². The Labute approximate surface area is 115 Å². The molecule has 1 aromatic heterocycles. The van der Waals surface area contributed by atoms with E-state index < -0.39 is 0 Å². The Morgan fingerprint density at radius 2 is 2.06 bits per heavy atom. The molecule has 1 aromatic carbocycles. The summed E-state index contributed by atoms with van der Waals surface area (Å²) in [5, 5.41) is 2.48. The SMILES string of the molecule is COc1ccc(C(Cl)c2sccc2Cl)c(C)c1. The average molecular weight is 287 g/mol. The van der Waals surface area contributed by atoms with Crippen LogP contribution in [0.25, 0.3) is 0 Å². The third-order valence-corrected chi connectivity index (χ3v) is 4.63. The Kier molecular flexibility index (Phi) is 3.97. The molecule has 1 unspecified atom stereocenters. The molecule has 1 atom stereocenters. The van der Waals surface area contributed by atoms with Crippen molar-refractivity contribution in [1.82, 2.24) is 0 Å². The number of rotatable bonds is 3. The molecule has 1 nitrogen and oxygen atoms in total. The smallest absolute Gasteiger partial charge is 0.119 e. The van der Waals surface area contributed by atoms with E-state index in [4.69, 9.17) is 27.9 Å². The van der Waals surface area contributed by atoms with Crippen LogP contribution in [0.4, 0.5) is 0 Å². The van der Waals surface area contributed by atoms with E-state index in [1.54, 1.807) is 18.4 Å². The van der Waals surface area contributed by atoms with Crippen molar-refractivity contribution in [1.29, 1.82) is 0 Å². The number of ether oxygens (including phenoxy) is 1. The highest BCUT2D eigenvalue weighted by atomic mass is 35.5. The molecule has 0 radical (unpaired) electrons. The molecule has 0 bridgehead atoms. The molecular formula is C13H12Cl2OS. The van der Waals surface area contributed by atoms with Gasteiger partial charge in [-0.05, 0) is 41.6 Å². The monoisotopic (exact) mass is 286 g/mol. The van der Waals surface area contributed by atoms with Gasteiger partial charge in [0, 0.05) is 4.88 Å². The van der Waals surface area contributed by atoms with E-state index in [1.807, 2.05) is 36.6 Å². The number of thiophene rings is 1. The number of methoxy groups -OCH3 is 1. The lowest BCUT2D eigenvalue weighted by molar-refractivity contribution is 0.414. The van der Waals surface area contributed by atoms with Crippen LogP contribution in [0.1, 0.15) is 21.4 Å². The summed E-state index contributed by atoms with van der Waals surface area (Å²) in [5.74, 6) is 0.840. The van der Waals surface area contributed by atoms with E-state index >= 15 is 0 Å². The summed E-state index contributed by atoms with van der Waals surface area (Å²) in [6.07, 6.45) is 0. The van der Waals surface area contributed by atoms with Crippen molar-refractivity contribution in [3.05, 3.63) is 50.7 Å². The molecule has 0 aliphatic rings. The van der Waals surface area contributed by atoms with Crippen LogP contribution in [0.15, 0.2) is 29.6 Å². The summed E-state index contributed by atoms with van der Waals surface area (Å²) in [5.41, 5.74) is 2.17. The molecule has 0 spiro atoms. The largest absolute Gasteiger partial charge is 0.497 e. The van der Waals surface area contributed by atoms with Gasteiger partial charge in [-0.3, -0.25) is 0 Å². The highest BCUT2D eigenvalue weighted by Gasteiger charge is 2.17. The normalized spacial score (nSPS) is 12.5. The van der Waals surface area contributed by atoms with Gasteiger partial charge in [0.25, 0.3) is 0 Å². The molecule has 0 aliphatic heterocycles. The Bertz CT molecular complexity index is 522. The minimum absolute atomic E-state index is 0.201. The lowest BCUT2D eigenvalue weighted by Crippen LogP contribution is -1.95. The van der Waals surface area contributed by atoms with Gasteiger partial charge in [0.2, 0.25) is 0 Å². The van der Waals surface area contributed by atoms with Crippen molar-refractivity contribution in [3.63, 3.8) is 0 Å². The van der Waals surface area contributed by atoms with Gasteiger partial charge in [-0.15, -0.1) is 22.9 Å². The standard InChI is InChI=1S/C13H12Cl2OS/c1-8-7-9(16-2)3-4-10(8)12(15)13-11(14)5-6-17-13/h3-7,12H,1-2H3. The Balaban J connectivity index is 2.38. The van der Waals surface area contributed by atoms with E-state index in [0.717, 1.165) is 26.8 Å². The quantitative estimate of drug-likeness (QED) is 0.718. The van der Waals surface area contributed by atoms with E-state index in [-0.39, 0.29) is 5.38 Å². The molecule has 0 saturated heterocycles. The maximum absolute atomic E-state index is 6.46. The number of halogens is 2. The van der Waals surface area contributed by atoms with Gasteiger partial charge < -0.3 is 4.74 Å². The predicted molar refractivity (Wildman–Crippen MR) is 74.8 cm³/mol. The van der Waals surface area contributed by atoms with Gasteiger partial charge in [-0.25, -0.2) is 0 Å². The molecule has 0 aliphatic carbocycles. The fourth-order valence-electron chi connectivity index (χ4n) is 1.69. The zero-order valence-corrected chi connectivity index (χ0v) is 11.9. The summed E-state index contributed by atoms with van der Waals surface area (Å²) < 4.78 is 5.18. The first-order valence-corrected chi connectivity index (χ1v) is 6.84. The lowest BCUT2D eigenvalue weighted by atomic mass is 10.0. The van der Waals surface area contributed by atoms with Gasteiger partial charge in [-0.2, -0.15) is 0 Å². The van der Waals surface area contributed by atoms with Crippen LogP contribution in [-0.4, -0.2) is 7.11 Å². The van der Waals surface area contributed by atoms with Gasteiger partial charge >= 0.3 is 0 Å². The van der Waals surface area contributed by atoms with Crippen LogP contribution in [-0.2, 0) is 0 Å². The summed E-state index contributed by atoms with van der Waals surface area (Å²) >= 11 is 14.1. The highest BCUT2D eigenvalue weighted by Crippen LogP contribution is 2.39. The molecular weight excluding hydrogens is 275 g/mol. The van der Waals surface area contributed by atoms with Crippen molar-refractivity contribution < 1.29 is 4.74 Å². The van der Waals surface area contributed by atoms with Crippen LogP contribution in [0.3, 0.4) is 0 Å². The van der Waals surface area contributed by atoms with E-state index in [9.17, 15) is 0 Å². The van der Waals surface area contributed by atoms with Crippen LogP contribution >= 0.6 is 34.5 Å². The van der Waals surface area contributed by atoms with Crippen LogP contribution in [0.2, 0.25) is 5.02 Å². The van der Waals surface area contributed by atoms with Crippen molar-refractivity contribution >= 4 is 34.5 Å².